The lowest BCUT2D eigenvalue weighted by Crippen LogP contribution is -2.00. The summed E-state index contributed by atoms with van der Waals surface area (Å²) >= 11 is 0. The fourth-order valence-corrected chi connectivity index (χ4v) is 2.25. The Kier molecular flexibility index (Phi) is 13.9. The molecule has 0 radical (unpaired) electrons. The van der Waals surface area contributed by atoms with Gasteiger partial charge in [0.1, 0.15) is 0 Å². The summed E-state index contributed by atoms with van der Waals surface area (Å²) in [6.45, 7) is 2.27. The van der Waals surface area contributed by atoms with Gasteiger partial charge in [-0.2, -0.15) is 0 Å². The lowest BCUT2D eigenvalue weighted by Gasteiger charge is -2.03. The van der Waals surface area contributed by atoms with Crippen molar-refractivity contribution in [3.05, 3.63) is 11.9 Å². The minimum absolute atomic E-state index is 0.835. The first kappa shape index (κ1) is 17.3. The Morgan fingerprint density at radius 1 is 0.722 bits per heavy atom. The van der Waals surface area contributed by atoms with E-state index in [4.69, 9.17) is 11.5 Å². The lowest BCUT2D eigenvalue weighted by atomic mass is 10.0. The second kappa shape index (κ2) is 14.4. The molecule has 0 aromatic rings. The number of nitrogens with two attached hydrogens (primary N) is 2. The van der Waals surface area contributed by atoms with Crippen LogP contribution in [0.3, 0.4) is 0 Å². The molecule has 0 atom stereocenters. The Morgan fingerprint density at radius 2 is 1.11 bits per heavy atom. The highest BCUT2D eigenvalue weighted by Gasteiger charge is 1.94. The largest absolute Gasteiger partial charge is 0.403 e. The van der Waals surface area contributed by atoms with Crippen LogP contribution in [0.25, 0.3) is 0 Å². The van der Waals surface area contributed by atoms with Crippen molar-refractivity contribution in [3.63, 3.8) is 0 Å². The molecular formula is C16H34N2. The van der Waals surface area contributed by atoms with E-state index in [1.165, 1.54) is 83.2 Å². The molecule has 18 heavy (non-hydrogen) atoms. The van der Waals surface area contributed by atoms with Crippen molar-refractivity contribution in [2.75, 3.05) is 0 Å². The van der Waals surface area contributed by atoms with E-state index >= 15 is 0 Å². The van der Waals surface area contributed by atoms with Crippen LogP contribution < -0.4 is 11.5 Å². The van der Waals surface area contributed by atoms with Crippen molar-refractivity contribution in [3.8, 4) is 0 Å². The maximum Gasteiger partial charge on any atom is 0.0238 e. The standard InChI is InChI=1S/C16H34N2/c1-2-3-4-5-6-7-8-9-10-11-12-13-14-16(18)15-17/h15H,2-14,17-18H2,1H3/b16-15+. The van der Waals surface area contributed by atoms with Gasteiger partial charge in [-0.15, -0.1) is 0 Å². The third-order valence-corrected chi connectivity index (χ3v) is 3.53. The predicted octanol–water partition coefficient (Wildman–Crippen LogP) is 4.84. The summed E-state index contributed by atoms with van der Waals surface area (Å²) in [7, 11) is 0. The molecule has 0 spiro atoms. The van der Waals surface area contributed by atoms with E-state index in [0.29, 0.717) is 0 Å². The second-order valence-electron chi connectivity index (χ2n) is 5.38. The molecule has 0 unspecified atom stereocenters. The van der Waals surface area contributed by atoms with Crippen LogP contribution in [0.1, 0.15) is 90.4 Å². The molecule has 0 aliphatic carbocycles. The van der Waals surface area contributed by atoms with E-state index in [1.807, 2.05) is 0 Å². The van der Waals surface area contributed by atoms with Crippen LogP contribution in [0, 0.1) is 0 Å². The van der Waals surface area contributed by atoms with Gasteiger partial charge in [0.25, 0.3) is 0 Å². The molecule has 0 bridgehead atoms. The summed E-state index contributed by atoms with van der Waals surface area (Å²) < 4.78 is 0. The van der Waals surface area contributed by atoms with Crippen LogP contribution in [0.4, 0.5) is 0 Å². The molecule has 0 aliphatic rings. The fraction of sp³-hybridized carbons (Fsp3) is 0.875. The Hall–Kier alpha value is -0.660. The van der Waals surface area contributed by atoms with E-state index in [-0.39, 0.29) is 0 Å². The molecule has 0 amide bonds. The first-order valence-corrected chi connectivity index (χ1v) is 7.97. The topological polar surface area (TPSA) is 52.0 Å². The van der Waals surface area contributed by atoms with E-state index in [2.05, 4.69) is 6.92 Å². The van der Waals surface area contributed by atoms with Crippen molar-refractivity contribution in [2.24, 2.45) is 11.5 Å². The van der Waals surface area contributed by atoms with Gasteiger partial charge in [-0.3, -0.25) is 0 Å². The van der Waals surface area contributed by atoms with Gasteiger partial charge in [-0.1, -0.05) is 77.6 Å². The van der Waals surface area contributed by atoms with E-state index in [0.717, 1.165) is 12.1 Å². The summed E-state index contributed by atoms with van der Waals surface area (Å²) in [6.07, 6.45) is 19.1. The van der Waals surface area contributed by atoms with Crippen molar-refractivity contribution >= 4 is 0 Å². The first-order chi connectivity index (χ1) is 8.81. The van der Waals surface area contributed by atoms with Gasteiger partial charge < -0.3 is 11.5 Å². The van der Waals surface area contributed by atoms with Gasteiger partial charge in [0, 0.05) is 11.9 Å². The molecule has 0 rings (SSSR count). The monoisotopic (exact) mass is 254 g/mol. The molecular weight excluding hydrogens is 220 g/mol. The van der Waals surface area contributed by atoms with Crippen LogP contribution in [-0.2, 0) is 0 Å². The molecule has 108 valence electrons. The number of unbranched alkanes of at least 4 members (excludes halogenated alkanes) is 11. The van der Waals surface area contributed by atoms with Gasteiger partial charge in [0.2, 0.25) is 0 Å². The lowest BCUT2D eigenvalue weighted by molar-refractivity contribution is 0.543. The quantitative estimate of drug-likeness (QED) is 0.462. The van der Waals surface area contributed by atoms with Crippen molar-refractivity contribution < 1.29 is 0 Å². The van der Waals surface area contributed by atoms with Crippen molar-refractivity contribution in [1.82, 2.24) is 0 Å². The first-order valence-electron chi connectivity index (χ1n) is 7.97. The number of hydrogen-bond donors (Lipinski definition) is 2. The van der Waals surface area contributed by atoms with Crippen LogP contribution in [-0.4, -0.2) is 0 Å². The molecule has 4 N–H and O–H groups in total. The third-order valence-electron chi connectivity index (χ3n) is 3.53. The summed E-state index contributed by atoms with van der Waals surface area (Å²) in [5, 5.41) is 0. The molecule has 0 saturated carbocycles. The summed E-state index contributed by atoms with van der Waals surface area (Å²) in [4.78, 5) is 0. The van der Waals surface area contributed by atoms with Crippen LogP contribution in [0.2, 0.25) is 0 Å². The molecule has 0 saturated heterocycles. The van der Waals surface area contributed by atoms with E-state index in [9.17, 15) is 0 Å². The molecule has 0 aliphatic heterocycles. The zero-order valence-electron chi connectivity index (χ0n) is 12.4. The summed E-state index contributed by atoms with van der Waals surface area (Å²) in [5.74, 6) is 0. The molecule has 2 heteroatoms. The summed E-state index contributed by atoms with van der Waals surface area (Å²) in [5.41, 5.74) is 11.8. The fourth-order valence-electron chi connectivity index (χ4n) is 2.25. The molecule has 0 fully saturated rings. The van der Waals surface area contributed by atoms with Crippen LogP contribution >= 0.6 is 0 Å². The van der Waals surface area contributed by atoms with Gasteiger partial charge in [0.15, 0.2) is 0 Å². The second-order valence-corrected chi connectivity index (χ2v) is 5.38. The van der Waals surface area contributed by atoms with Crippen LogP contribution in [0.15, 0.2) is 11.9 Å². The Bertz CT molecular complexity index is 188. The van der Waals surface area contributed by atoms with Crippen LogP contribution in [0.5, 0.6) is 0 Å². The van der Waals surface area contributed by atoms with E-state index in [1.54, 1.807) is 0 Å². The van der Waals surface area contributed by atoms with Crippen molar-refractivity contribution in [2.45, 2.75) is 90.4 Å². The van der Waals surface area contributed by atoms with Gasteiger partial charge >= 0.3 is 0 Å². The SMILES string of the molecule is CCCCCCCCCCCCCC/C(N)=C\N. The molecule has 0 heterocycles. The summed E-state index contributed by atoms with van der Waals surface area (Å²) in [6, 6.07) is 0. The Labute approximate surface area is 114 Å². The van der Waals surface area contributed by atoms with Gasteiger partial charge in [-0.25, -0.2) is 0 Å². The minimum atomic E-state index is 0.835. The molecule has 2 nitrogen and oxygen atoms in total. The minimum Gasteiger partial charge on any atom is -0.403 e. The zero-order chi connectivity index (χ0) is 13.5. The predicted molar refractivity (Wildman–Crippen MR) is 82.2 cm³/mol. The number of allylic oxidation sites excluding steroid dienone is 1. The molecule has 0 aromatic heterocycles. The highest BCUT2D eigenvalue weighted by atomic mass is 14.6. The Balaban J connectivity index is 2.99. The molecule has 0 aromatic carbocycles. The smallest absolute Gasteiger partial charge is 0.0238 e. The van der Waals surface area contributed by atoms with Gasteiger partial charge in [-0.05, 0) is 12.8 Å². The van der Waals surface area contributed by atoms with Gasteiger partial charge in [0.05, 0.1) is 0 Å². The zero-order valence-corrected chi connectivity index (χ0v) is 12.4. The average Bonchev–Trinajstić information content (AvgIpc) is 2.39. The average molecular weight is 254 g/mol. The van der Waals surface area contributed by atoms with Crippen molar-refractivity contribution in [1.29, 1.82) is 0 Å². The normalized spacial score (nSPS) is 11.9. The maximum absolute atomic E-state index is 5.64. The highest BCUT2D eigenvalue weighted by Crippen LogP contribution is 2.12. The maximum atomic E-state index is 5.64. The number of rotatable bonds is 13. The number of hydrogen-bond acceptors (Lipinski definition) is 2. The Morgan fingerprint density at radius 3 is 1.50 bits per heavy atom. The third kappa shape index (κ3) is 13.4. The van der Waals surface area contributed by atoms with E-state index < -0.39 is 0 Å². The highest BCUT2D eigenvalue weighted by molar-refractivity contribution is 4.92.